The summed E-state index contributed by atoms with van der Waals surface area (Å²) in [6.07, 6.45) is 7.14. The van der Waals surface area contributed by atoms with Crippen LogP contribution in [-0.2, 0) is 11.3 Å². The van der Waals surface area contributed by atoms with Crippen molar-refractivity contribution >= 4 is 12.0 Å². The summed E-state index contributed by atoms with van der Waals surface area (Å²) in [6.45, 7) is 2.83. The molecule has 0 spiro atoms. The van der Waals surface area contributed by atoms with Gasteiger partial charge in [0.1, 0.15) is 0 Å². The molecule has 110 valence electrons. The third-order valence-electron chi connectivity index (χ3n) is 3.23. The molecule has 1 unspecified atom stereocenters. The van der Waals surface area contributed by atoms with Crippen LogP contribution >= 0.6 is 0 Å². The topological polar surface area (TPSA) is 87.5 Å². The minimum absolute atomic E-state index is 0.0141. The van der Waals surface area contributed by atoms with Gasteiger partial charge in [-0.25, -0.2) is 9.78 Å². The van der Waals surface area contributed by atoms with Gasteiger partial charge in [-0.3, -0.25) is 4.79 Å². The van der Waals surface area contributed by atoms with E-state index in [-0.39, 0.29) is 31.1 Å². The Morgan fingerprint density at radius 2 is 2.30 bits per heavy atom. The molecule has 2 rings (SSSR count). The monoisotopic (exact) mass is 280 g/mol. The molecular weight excluding hydrogens is 260 g/mol. The number of amides is 2. The molecule has 1 aliphatic rings. The number of carbonyl (C=O) groups is 2. The van der Waals surface area contributed by atoms with Crippen molar-refractivity contribution in [1.29, 1.82) is 0 Å². The van der Waals surface area contributed by atoms with E-state index in [2.05, 4.69) is 10.3 Å². The smallest absolute Gasteiger partial charge is 0.317 e. The number of hydrogen-bond donors (Lipinski definition) is 2. The zero-order valence-electron chi connectivity index (χ0n) is 11.5. The van der Waals surface area contributed by atoms with Gasteiger partial charge in [0.05, 0.1) is 12.7 Å². The Kier molecular flexibility index (Phi) is 4.60. The van der Waals surface area contributed by atoms with E-state index in [0.717, 1.165) is 12.8 Å². The van der Waals surface area contributed by atoms with Crippen molar-refractivity contribution < 1.29 is 14.7 Å². The first-order chi connectivity index (χ1) is 9.56. The molecule has 1 aliphatic carbocycles. The fraction of sp³-hybridized carbons (Fsp3) is 0.615. The fourth-order valence-electron chi connectivity index (χ4n) is 2.10. The second-order valence-corrected chi connectivity index (χ2v) is 5.18. The molecule has 7 nitrogen and oxygen atoms in total. The van der Waals surface area contributed by atoms with Gasteiger partial charge < -0.3 is 19.9 Å². The van der Waals surface area contributed by atoms with E-state index < -0.39 is 5.97 Å². The number of nitrogens with zero attached hydrogens (tertiary/aromatic N) is 3. The van der Waals surface area contributed by atoms with Crippen molar-refractivity contribution in [3.05, 3.63) is 18.7 Å². The van der Waals surface area contributed by atoms with E-state index in [1.54, 1.807) is 17.4 Å². The van der Waals surface area contributed by atoms with Crippen molar-refractivity contribution in [2.24, 2.45) is 0 Å². The Balaban J connectivity index is 1.82. The van der Waals surface area contributed by atoms with E-state index in [1.165, 1.54) is 0 Å². The summed E-state index contributed by atoms with van der Waals surface area (Å²) in [5, 5.41) is 11.6. The quantitative estimate of drug-likeness (QED) is 0.777. The van der Waals surface area contributed by atoms with Crippen LogP contribution in [0.1, 0.15) is 26.2 Å². The van der Waals surface area contributed by atoms with Gasteiger partial charge in [0.15, 0.2) is 0 Å². The molecule has 0 aromatic carbocycles. The zero-order chi connectivity index (χ0) is 14.5. The first-order valence-corrected chi connectivity index (χ1v) is 6.81. The van der Waals surface area contributed by atoms with Crippen molar-refractivity contribution in [2.45, 2.75) is 44.8 Å². The van der Waals surface area contributed by atoms with Crippen LogP contribution < -0.4 is 5.32 Å². The number of aromatic nitrogens is 2. The van der Waals surface area contributed by atoms with Gasteiger partial charge in [0, 0.05) is 37.6 Å². The minimum Gasteiger partial charge on any atom is -0.481 e. The first kappa shape index (κ1) is 14.4. The van der Waals surface area contributed by atoms with Gasteiger partial charge in [0.2, 0.25) is 0 Å². The highest BCUT2D eigenvalue weighted by atomic mass is 16.4. The number of nitrogens with one attached hydrogen (secondary N) is 1. The average molecular weight is 280 g/mol. The lowest BCUT2D eigenvalue weighted by Gasteiger charge is -2.24. The normalized spacial score (nSPS) is 15.7. The first-order valence-electron chi connectivity index (χ1n) is 6.81. The molecule has 0 saturated heterocycles. The molecule has 2 N–H and O–H groups in total. The number of carbonyl (C=O) groups excluding carboxylic acids is 1. The van der Waals surface area contributed by atoms with E-state index in [4.69, 9.17) is 5.11 Å². The number of urea groups is 1. The molecule has 1 saturated carbocycles. The molecule has 1 aromatic rings. The Morgan fingerprint density at radius 3 is 2.85 bits per heavy atom. The summed E-state index contributed by atoms with van der Waals surface area (Å²) >= 11 is 0. The van der Waals surface area contributed by atoms with E-state index in [0.29, 0.717) is 6.54 Å². The maximum absolute atomic E-state index is 12.2. The molecule has 20 heavy (non-hydrogen) atoms. The lowest BCUT2D eigenvalue weighted by Crippen LogP contribution is -2.46. The highest BCUT2D eigenvalue weighted by Gasteiger charge is 2.33. The molecule has 1 fully saturated rings. The van der Waals surface area contributed by atoms with Crippen molar-refractivity contribution in [1.82, 2.24) is 19.8 Å². The van der Waals surface area contributed by atoms with Crippen LogP contribution in [0.2, 0.25) is 0 Å². The van der Waals surface area contributed by atoms with Gasteiger partial charge in [-0.2, -0.15) is 0 Å². The second-order valence-electron chi connectivity index (χ2n) is 5.18. The van der Waals surface area contributed by atoms with E-state index in [1.807, 2.05) is 17.7 Å². The summed E-state index contributed by atoms with van der Waals surface area (Å²) in [5.74, 6) is -0.880. The van der Waals surface area contributed by atoms with Gasteiger partial charge >= 0.3 is 12.0 Å². The number of hydrogen-bond acceptors (Lipinski definition) is 3. The molecule has 1 heterocycles. The summed E-state index contributed by atoms with van der Waals surface area (Å²) in [4.78, 5) is 28.4. The average Bonchev–Trinajstić information content (AvgIpc) is 3.07. The van der Waals surface area contributed by atoms with Crippen LogP contribution in [0.3, 0.4) is 0 Å². The van der Waals surface area contributed by atoms with Gasteiger partial charge in [0.25, 0.3) is 0 Å². The number of carboxylic acid groups (broad SMARTS) is 1. The van der Waals surface area contributed by atoms with E-state index in [9.17, 15) is 9.59 Å². The molecule has 0 radical (unpaired) electrons. The third kappa shape index (κ3) is 4.25. The van der Waals surface area contributed by atoms with Crippen LogP contribution in [0.25, 0.3) is 0 Å². The summed E-state index contributed by atoms with van der Waals surface area (Å²) in [7, 11) is 0. The van der Waals surface area contributed by atoms with Crippen LogP contribution in [0, 0.1) is 0 Å². The second kappa shape index (κ2) is 6.40. The highest BCUT2D eigenvalue weighted by molar-refractivity contribution is 5.76. The zero-order valence-corrected chi connectivity index (χ0v) is 11.5. The van der Waals surface area contributed by atoms with Crippen molar-refractivity contribution in [2.75, 3.05) is 6.54 Å². The maximum atomic E-state index is 12.2. The van der Waals surface area contributed by atoms with Gasteiger partial charge in [-0.15, -0.1) is 0 Å². The molecule has 2 amide bonds. The van der Waals surface area contributed by atoms with Crippen LogP contribution in [0.4, 0.5) is 4.79 Å². The highest BCUT2D eigenvalue weighted by Crippen LogP contribution is 2.27. The van der Waals surface area contributed by atoms with Crippen LogP contribution in [-0.4, -0.2) is 50.2 Å². The standard InChI is InChI=1S/C13H20N4O3/c1-10(8-16-7-5-14-9-16)15-13(20)17(11-2-3-11)6-4-12(18)19/h5,7,9-11H,2-4,6,8H2,1H3,(H,15,20)(H,18,19). The summed E-state index contributed by atoms with van der Waals surface area (Å²) in [5.41, 5.74) is 0. The van der Waals surface area contributed by atoms with Crippen molar-refractivity contribution in [3.8, 4) is 0 Å². The molecule has 7 heteroatoms. The molecule has 0 aliphatic heterocycles. The number of rotatable bonds is 7. The molecule has 1 atom stereocenters. The Morgan fingerprint density at radius 1 is 1.55 bits per heavy atom. The summed E-state index contributed by atoms with van der Waals surface area (Å²) < 4.78 is 1.89. The lowest BCUT2D eigenvalue weighted by molar-refractivity contribution is -0.137. The van der Waals surface area contributed by atoms with Crippen LogP contribution in [0.15, 0.2) is 18.7 Å². The third-order valence-corrected chi connectivity index (χ3v) is 3.23. The summed E-state index contributed by atoms with van der Waals surface area (Å²) in [6, 6.07) is -0.0149. The van der Waals surface area contributed by atoms with Gasteiger partial charge in [-0.05, 0) is 19.8 Å². The molecule has 0 bridgehead atoms. The SMILES string of the molecule is CC(Cn1ccnc1)NC(=O)N(CCC(=O)O)C1CC1. The van der Waals surface area contributed by atoms with Crippen LogP contribution in [0.5, 0.6) is 0 Å². The minimum atomic E-state index is -0.880. The van der Waals surface area contributed by atoms with Gasteiger partial charge in [-0.1, -0.05) is 0 Å². The fourth-order valence-corrected chi connectivity index (χ4v) is 2.10. The van der Waals surface area contributed by atoms with E-state index >= 15 is 0 Å². The Labute approximate surface area is 117 Å². The molecule has 1 aromatic heterocycles. The lowest BCUT2D eigenvalue weighted by atomic mass is 10.3. The Bertz CT molecular complexity index is 456. The molecular formula is C13H20N4O3. The largest absolute Gasteiger partial charge is 0.481 e. The number of imidazole rings is 1. The Hall–Kier alpha value is -2.05. The maximum Gasteiger partial charge on any atom is 0.317 e. The predicted octanol–water partition coefficient (Wildman–Crippen LogP) is 0.920. The predicted molar refractivity (Wildman–Crippen MR) is 72.2 cm³/mol. The number of aliphatic carboxylic acids is 1. The number of carboxylic acids is 1. The van der Waals surface area contributed by atoms with Crippen molar-refractivity contribution in [3.63, 3.8) is 0 Å².